The van der Waals surface area contributed by atoms with Gasteiger partial charge in [-0.05, 0) is 48.2 Å². The van der Waals surface area contributed by atoms with Gasteiger partial charge in [0.1, 0.15) is 16.4 Å². The Morgan fingerprint density at radius 2 is 2.00 bits per heavy atom. The first-order valence-corrected chi connectivity index (χ1v) is 13.5. The van der Waals surface area contributed by atoms with Crippen LogP contribution < -0.4 is 26.8 Å². The van der Waals surface area contributed by atoms with E-state index in [-0.39, 0.29) is 32.7 Å². The molecule has 1 aliphatic heterocycles. The van der Waals surface area contributed by atoms with Crippen LogP contribution in [0.4, 0.5) is 5.69 Å². The summed E-state index contributed by atoms with van der Waals surface area (Å²) in [4.78, 5) is 16.9. The fourth-order valence-corrected chi connectivity index (χ4v) is 6.21. The van der Waals surface area contributed by atoms with Crippen LogP contribution in [0.2, 0.25) is 5.02 Å². The number of ether oxygens (including phenoxy) is 1. The number of rotatable bonds is 7. The molecule has 12 heteroatoms. The number of thiophene rings is 1. The van der Waals surface area contributed by atoms with Crippen LogP contribution in [0, 0.1) is 6.92 Å². The van der Waals surface area contributed by atoms with E-state index in [0.717, 1.165) is 6.54 Å². The molecular weight excluding hydrogens is 510 g/mol. The number of nitrogens with zero attached hydrogens (tertiary/aromatic N) is 1. The summed E-state index contributed by atoms with van der Waals surface area (Å²) in [7, 11) is -3.87. The van der Waals surface area contributed by atoms with E-state index in [0.29, 0.717) is 29.9 Å². The summed E-state index contributed by atoms with van der Waals surface area (Å²) in [6, 6.07) is 10.2. The van der Waals surface area contributed by atoms with Crippen molar-refractivity contribution in [2.75, 3.05) is 18.4 Å². The minimum absolute atomic E-state index is 0.0382. The van der Waals surface area contributed by atoms with Crippen LogP contribution in [0.5, 0.6) is 11.5 Å². The van der Waals surface area contributed by atoms with Crippen molar-refractivity contribution in [1.82, 2.24) is 5.32 Å². The summed E-state index contributed by atoms with van der Waals surface area (Å²) in [5.41, 5.74) is 12.1. The topological polar surface area (TPSA) is 149 Å². The van der Waals surface area contributed by atoms with Crippen molar-refractivity contribution < 1.29 is 17.9 Å². The van der Waals surface area contributed by atoms with Gasteiger partial charge in [0.25, 0.3) is 5.91 Å². The third-order valence-corrected chi connectivity index (χ3v) is 8.06. The van der Waals surface area contributed by atoms with E-state index in [9.17, 15) is 13.2 Å². The van der Waals surface area contributed by atoms with Crippen LogP contribution in [-0.2, 0) is 22.1 Å². The SMILES string of the molecule is Cc1cc(C(=O)N=C(N)N)cc2c1Oc1c(Cl)cc(NCCNCc3cccs3)cc1CS2(=O)=O. The minimum atomic E-state index is -3.87. The van der Waals surface area contributed by atoms with Crippen molar-refractivity contribution in [2.24, 2.45) is 16.5 Å². The maximum absolute atomic E-state index is 13.3. The van der Waals surface area contributed by atoms with E-state index < -0.39 is 21.7 Å². The number of anilines is 1. The lowest BCUT2D eigenvalue weighted by Gasteiger charge is -2.15. The van der Waals surface area contributed by atoms with Crippen molar-refractivity contribution in [2.45, 2.75) is 24.1 Å². The zero-order valence-corrected chi connectivity index (χ0v) is 21.2. The number of hydrogen-bond donors (Lipinski definition) is 4. The smallest absolute Gasteiger partial charge is 0.280 e. The first kappa shape index (κ1) is 25.0. The highest BCUT2D eigenvalue weighted by molar-refractivity contribution is 7.90. The predicted molar refractivity (Wildman–Crippen MR) is 138 cm³/mol. The van der Waals surface area contributed by atoms with E-state index in [1.54, 1.807) is 30.4 Å². The van der Waals surface area contributed by atoms with E-state index in [1.165, 1.54) is 17.0 Å². The third kappa shape index (κ3) is 5.76. The zero-order valence-electron chi connectivity index (χ0n) is 18.8. The maximum Gasteiger partial charge on any atom is 0.280 e. The Balaban J connectivity index is 1.56. The molecule has 3 aromatic rings. The zero-order chi connectivity index (χ0) is 25.2. The molecule has 35 heavy (non-hydrogen) atoms. The van der Waals surface area contributed by atoms with Gasteiger partial charge in [-0.15, -0.1) is 11.3 Å². The summed E-state index contributed by atoms with van der Waals surface area (Å²) in [5, 5.41) is 8.92. The predicted octanol–water partition coefficient (Wildman–Crippen LogP) is 3.40. The van der Waals surface area contributed by atoms with Crippen molar-refractivity contribution in [1.29, 1.82) is 0 Å². The second-order valence-electron chi connectivity index (χ2n) is 7.95. The Morgan fingerprint density at radius 3 is 2.71 bits per heavy atom. The maximum atomic E-state index is 13.3. The van der Waals surface area contributed by atoms with Gasteiger partial charge in [-0.2, -0.15) is 4.99 Å². The molecule has 6 N–H and O–H groups in total. The number of hydrogen-bond acceptors (Lipinski definition) is 7. The van der Waals surface area contributed by atoms with Crippen LogP contribution in [0.15, 0.2) is 51.7 Å². The Morgan fingerprint density at radius 1 is 1.20 bits per heavy atom. The quantitative estimate of drug-likeness (QED) is 0.205. The van der Waals surface area contributed by atoms with E-state index in [2.05, 4.69) is 21.7 Å². The van der Waals surface area contributed by atoms with Crippen molar-refractivity contribution in [3.8, 4) is 11.5 Å². The Labute approximate surface area is 212 Å². The Bertz CT molecular complexity index is 1400. The van der Waals surface area contributed by atoms with Gasteiger partial charge in [0.2, 0.25) is 0 Å². The van der Waals surface area contributed by atoms with Gasteiger partial charge in [0.05, 0.1) is 10.8 Å². The Kier molecular flexibility index (Phi) is 7.31. The molecule has 0 radical (unpaired) electrons. The summed E-state index contributed by atoms with van der Waals surface area (Å²) < 4.78 is 32.6. The molecule has 1 aromatic heterocycles. The van der Waals surface area contributed by atoms with Gasteiger partial charge in [0, 0.05) is 41.3 Å². The number of nitrogens with one attached hydrogen (secondary N) is 2. The highest BCUT2D eigenvalue weighted by atomic mass is 35.5. The molecule has 1 amide bonds. The van der Waals surface area contributed by atoms with Crippen LogP contribution >= 0.6 is 22.9 Å². The summed E-state index contributed by atoms with van der Waals surface area (Å²) in [6.45, 7) is 3.74. The van der Waals surface area contributed by atoms with Crippen LogP contribution in [0.25, 0.3) is 0 Å². The molecule has 4 rings (SSSR count). The van der Waals surface area contributed by atoms with Gasteiger partial charge in [0.15, 0.2) is 15.8 Å². The molecular formula is C23H24ClN5O4S2. The first-order valence-electron chi connectivity index (χ1n) is 10.6. The molecule has 0 unspecified atom stereocenters. The summed E-state index contributed by atoms with van der Waals surface area (Å²) in [6.07, 6.45) is 0. The molecule has 184 valence electrons. The third-order valence-electron chi connectivity index (χ3n) is 5.23. The van der Waals surface area contributed by atoms with Gasteiger partial charge in [-0.25, -0.2) is 8.42 Å². The van der Waals surface area contributed by atoms with Crippen molar-refractivity contribution >= 4 is 50.3 Å². The minimum Gasteiger partial charge on any atom is -0.454 e. The van der Waals surface area contributed by atoms with E-state index >= 15 is 0 Å². The Hall–Kier alpha value is -3.12. The summed E-state index contributed by atoms with van der Waals surface area (Å²) >= 11 is 8.19. The van der Waals surface area contributed by atoms with Crippen LogP contribution in [-0.4, -0.2) is 33.4 Å². The number of aryl methyl sites for hydroxylation is 1. The molecule has 1 aliphatic rings. The van der Waals surface area contributed by atoms with Gasteiger partial charge in [-0.3, -0.25) is 4.79 Å². The normalized spacial score (nSPS) is 13.7. The molecule has 0 atom stereocenters. The lowest BCUT2D eigenvalue weighted by molar-refractivity contribution is 0.100. The highest BCUT2D eigenvalue weighted by Gasteiger charge is 2.31. The number of carbonyl (C=O) groups is 1. The molecule has 2 aromatic carbocycles. The van der Waals surface area contributed by atoms with Crippen molar-refractivity contribution in [3.05, 3.63) is 68.4 Å². The van der Waals surface area contributed by atoms with Crippen LogP contribution in [0.3, 0.4) is 0 Å². The molecule has 0 aliphatic carbocycles. The second kappa shape index (κ2) is 10.2. The number of carbonyl (C=O) groups excluding carboxylic acids is 1. The van der Waals surface area contributed by atoms with Crippen molar-refractivity contribution in [3.63, 3.8) is 0 Å². The number of aliphatic imine (C=N–C) groups is 1. The number of halogens is 1. The lowest BCUT2D eigenvalue weighted by Crippen LogP contribution is -2.24. The number of amides is 1. The fraction of sp³-hybridized carbons (Fsp3) is 0.217. The molecule has 0 fully saturated rings. The standard InChI is InChI=1S/C23H24ClN5O4S2/c1-13-7-14(22(30)29-23(25)26)9-19-20(13)33-21-15(12-35(19,31)32)8-16(10-18(21)24)28-5-4-27-11-17-3-2-6-34-17/h2-3,6-10,27-28H,4-5,11-12H2,1H3,(H4,25,26,29,30). The van der Waals surface area contributed by atoms with Gasteiger partial charge in [-0.1, -0.05) is 17.7 Å². The molecule has 0 spiro atoms. The van der Waals surface area contributed by atoms with Gasteiger partial charge < -0.3 is 26.8 Å². The number of fused-ring (bicyclic) bond motifs is 2. The highest BCUT2D eigenvalue weighted by Crippen LogP contribution is 2.44. The molecule has 0 bridgehead atoms. The van der Waals surface area contributed by atoms with E-state index in [1.807, 2.05) is 11.4 Å². The number of guanidine groups is 1. The average Bonchev–Trinajstić information content (AvgIpc) is 3.25. The van der Waals surface area contributed by atoms with Gasteiger partial charge >= 0.3 is 0 Å². The second-order valence-corrected chi connectivity index (χ2v) is 11.4. The van der Waals surface area contributed by atoms with Crippen LogP contribution in [0.1, 0.15) is 26.4 Å². The largest absolute Gasteiger partial charge is 0.454 e. The monoisotopic (exact) mass is 533 g/mol. The number of nitrogens with two attached hydrogens (primary N) is 2. The lowest BCUT2D eigenvalue weighted by atomic mass is 10.1. The van der Waals surface area contributed by atoms with E-state index in [4.69, 9.17) is 27.8 Å². The molecule has 0 saturated carbocycles. The average molecular weight is 534 g/mol. The number of sulfone groups is 1. The fourth-order valence-electron chi connectivity index (χ4n) is 3.69. The first-order chi connectivity index (χ1) is 16.6. The number of benzene rings is 2. The molecule has 0 saturated heterocycles. The molecule has 2 heterocycles. The molecule has 9 nitrogen and oxygen atoms in total. The summed E-state index contributed by atoms with van der Waals surface area (Å²) in [5.74, 6) is -1.12.